The van der Waals surface area contributed by atoms with Crippen LogP contribution in [0.4, 0.5) is 9.52 Å². The van der Waals surface area contributed by atoms with Crippen molar-refractivity contribution in [1.82, 2.24) is 9.88 Å². The van der Waals surface area contributed by atoms with Crippen molar-refractivity contribution in [3.63, 3.8) is 0 Å². The molecular formula is C20H20FN3O2S. The third-order valence-electron chi connectivity index (χ3n) is 4.58. The summed E-state index contributed by atoms with van der Waals surface area (Å²) < 4.78 is 20.1. The lowest BCUT2D eigenvalue weighted by Gasteiger charge is -2.34. The van der Waals surface area contributed by atoms with Crippen LogP contribution in [0.1, 0.15) is 17.3 Å². The number of thiazole rings is 1. The van der Waals surface area contributed by atoms with Gasteiger partial charge < -0.3 is 14.5 Å². The molecule has 2 heterocycles. The summed E-state index contributed by atoms with van der Waals surface area (Å²) in [6.07, 6.45) is 0. The first kappa shape index (κ1) is 17.7. The van der Waals surface area contributed by atoms with Crippen molar-refractivity contribution in [2.75, 3.05) is 37.7 Å². The third kappa shape index (κ3) is 3.60. The largest absolute Gasteiger partial charge is 0.492 e. The van der Waals surface area contributed by atoms with Crippen LogP contribution in [-0.4, -0.2) is 48.6 Å². The molecule has 0 radical (unpaired) electrons. The Morgan fingerprint density at radius 2 is 1.96 bits per heavy atom. The number of fused-ring (bicyclic) bond motifs is 1. The number of halogens is 1. The Balaban J connectivity index is 1.47. The Morgan fingerprint density at radius 3 is 2.70 bits per heavy atom. The van der Waals surface area contributed by atoms with Crippen molar-refractivity contribution < 1.29 is 13.9 Å². The molecule has 2 aromatic carbocycles. The molecule has 1 aromatic heterocycles. The van der Waals surface area contributed by atoms with Gasteiger partial charge in [-0.3, -0.25) is 4.79 Å². The summed E-state index contributed by atoms with van der Waals surface area (Å²) in [5.74, 6) is 0.286. The minimum absolute atomic E-state index is 0.128. The summed E-state index contributed by atoms with van der Waals surface area (Å²) in [5.41, 5.74) is 1.28. The maximum absolute atomic E-state index is 13.4. The number of rotatable bonds is 4. The molecule has 1 amide bonds. The number of nitrogens with zero attached hydrogens (tertiary/aromatic N) is 3. The molecule has 0 N–H and O–H groups in total. The number of para-hydroxylation sites is 1. The lowest BCUT2D eigenvalue weighted by molar-refractivity contribution is 0.0746. The van der Waals surface area contributed by atoms with Gasteiger partial charge in [0.05, 0.1) is 11.3 Å². The predicted molar refractivity (Wildman–Crippen MR) is 105 cm³/mol. The van der Waals surface area contributed by atoms with Gasteiger partial charge in [0, 0.05) is 31.7 Å². The molecule has 1 fully saturated rings. The monoisotopic (exact) mass is 385 g/mol. The average molecular weight is 385 g/mol. The van der Waals surface area contributed by atoms with Crippen LogP contribution in [0.15, 0.2) is 42.5 Å². The standard InChI is InChI=1S/C20H20FN3O2S/c1-2-26-16-7-4-8-17-18(16)22-20(27-17)24-11-9-23(10-12-24)19(25)14-5-3-6-15(21)13-14/h3-8,13H,2,9-12H2,1H3. The van der Waals surface area contributed by atoms with E-state index in [0.29, 0.717) is 38.3 Å². The highest BCUT2D eigenvalue weighted by Gasteiger charge is 2.24. The third-order valence-corrected chi connectivity index (χ3v) is 5.66. The molecule has 0 aliphatic carbocycles. The number of hydrogen-bond acceptors (Lipinski definition) is 5. The van der Waals surface area contributed by atoms with Gasteiger partial charge in [-0.05, 0) is 37.3 Å². The fourth-order valence-corrected chi connectivity index (χ4v) is 4.26. The first-order valence-corrected chi connectivity index (χ1v) is 9.79. The quantitative estimate of drug-likeness (QED) is 0.685. The Hall–Kier alpha value is -2.67. The van der Waals surface area contributed by atoms with Crippen LogP contribution in [0.2, 0.25) is 0 Å². The van der Waals surface area contributed by atoms with Crippen LogP contribution >= 0.6 is 11.3 Å². The second-order valence-electron chi connectivity index (χ2n) is 6.32. The smallest absolute Gasteiger partial charge is 0.254 e. The number of piperazine rings is 1. The van der Waals surface area contributed by atoms with Gasteiger partial charge in [-0.15, -0.1) is 0 Å². The molecule has 1 saturated heterocycles. The zero-order valence-corrected chi connectivity index (χ0v) is 15.8. The van der Waals surface area contributed by atoms with Crippen molar-refractivity contribution >= 4 is 32.6 Å². The SMILES string of the molecule is CCOc1cccc2sc(N3CCN(C(=O)c4cccc(F)c4)CC3)nc12. The minimum Gasteiger partial charge on any atom is -0.492 e. The van der Waals surface area contributed by atoms with Crippen molar-refractivity contribution in [1.29, 1.82) is 0 Å². The number of carbonyl (C=O) groups is 1. The van der Waals surface area contributed by atoms with Gasteiger partial charge in [-0.1, -0.05) is 23.5 Å². The van der Waals surface area contributed by atoms with Crippen LogP contribution in [0.5, 0.6) is 5.75 Å². The first-order chi connectivity index (χ1) is 13.2. The molecule has 0 saturated carbocycles. The summed E-state index contributed by atoms with van der Waals surface area (Å²) in [6, 6.07) is 11.8. The second-order valence-corrected chi connectivity index (χ2v) is 7.33. The molecule has 27 heavy (non-hydrogen) atoms. The van der Waals surface area contributed by atoms with Gasteiger partial charge in [0.1, 0.15) is 17.1 Å². The number of benzene rings is 2. The molecule has 3 aromatic rings. The van der Waals surface area contributed by atoms with E-state index < -0.39 is 0 Å². The van der Waals surface area contributed by atoms with E-state index in [1.165, 1.54) is 12.1 Å². The molecule has 1 aliphatic rings. The maximum Gasteiger partial charge on any atom is 0.254 e. The molecule has 0 bridgehead atoms. The second kappa shape index (κ2) is 7.52. The van der Waals surface area contributed by atoms with Gasteiger partial charge in [0.25, 0.3) is 5.91 Å². The summed E-state index contributed by atoms with van der Waals surface area (Å²) >= 11 is 1.63. The number of ether oxygens (including phenoxy) is 1. The molecule has 4 rings (SSSR count). The van der Waals surface area contributed by atoms with Crippen LogP contribution < -0.4 is 9.64 Å². The minimum atomic E-state index is -0.390. The van der Waals surface area contributed by atoms with Gasteiger partial charge >= 0.3 is 0 Å². The highest BCUT2D eigenvalue weighted by molar-refractivity contribution is 7.22. The van der Waals surface area contributed by atoms with Crippen molar-refractivity contribution in [2.45, 2.75) is 6.92 Å². The predicted octanol–water partition coefficient (Wildman–Crippen LogP) is 3.80. The Labute approximate surface area is 161 Å². The van der Waals surface area contributed by atoms with E-state index in [1.807, 2.05) is 25.1 Å². The van der Waals surface area contributed by atoms with E-state index in [1.54, 1.807) is 28.4 Å². The normalized spacial score (nSPS) is 14.6. The zero-order valence-electron chi connectivity index (χ0n) is 15.0. The number of hydrogen-bond donors (Lipinski definition) is 0. The molecule has 140 valence electrons. The van der Waals surface area contributed by atoms with Crippen molar-refractivity contribution in [3.05, 3.63) is 53.8 Å². The van der Waals surface area contributed by atoms with Gasteiger partial charge in [0.2, 0.25) is 0 Å². The van der Waals surface area contributed by atoms with E-state index in [2.05, 4.69) is 4.90 Å². The summed E-state index contributed by atoms with van der Waals surface area (Å²) in [4.78, 5) is 21.3. The lowest BCUT2D eigenvalue weighted by Crippen LogP contribution is -2.48. The summed E-state index contributed by atoms with van der Waals surface area (Å²) in [5, 5.41) is 0.940. The number of aromatic nitrogens is 1. The lowest BCUT2D eigenvalue weighted by atomic mass is 10.2. The van der Waals surface area contributed by atoms with Crippen molar-refractivity contribution in [2.24, 2.45) is 0 Å². The summed E-state index contributed by atoms with van der Waals surface area (Å²) in [7, 11) is 0. The first-order valence-electron chi connectivity index (χ1n) is 8.98. The topological polar surface area (TPSA) is 45.7 Å². The van der Waals surface area contributed by atoms with Crippen LogP contribution in [-0.2, 0) is 0 Å². The molecule has 7 heteroatoms. The highest BCUT2D eigenvalue weighted by atomic mass is 32.1. The van der Waals surface area contributed by atoms with Crippen LogP contribution in [0.25, 0.3) is 10.2 Å². The maximum atomic E-state index is 13.4. The van der Waals surface area contributed by atoms with Crippen LogP contribution in [0, 0.1) is 5.82 Å². The number of carbonyl (C=O) groups excluding carboxylic acids is 1. The number of anilines is 1. The summed E-state index contributed by atoms with van der Waals surface area (Å²) in [6.45, 7) is 5.14. The molecule has 0 unspecified atom stereocenters. The molecule has 0 atom stereocenters. The molecule has 5 nitrogen and oxygen atoms in total. The Bertz CT molecular complexity index is 967. The fraction of sp³-hybridized carbons (Fsp3) is 0.300. The number of amides is 1. The zero-order chi connectivity index (χ0) is 18.8. The van der Waals surface area contributed by atoms with E-state index >= 15 is 0 Å². The van der Waals surface area contributed by atoms with Gasteiger partial charge in [-0.2, -0.15) is 0 Å². The average Bonchev–Trinajstić information content (AvgIpc) is 3.13. The molecule has 0 spiro atoms. The van der Waals surface area contributed by atoms with Gasteiger partial charge in [-0.25, -0.2) is 9.37 Å². The van der Waals surface area contributed by atoms with Gasteiger partial charge in [0.15, 0.2) is 5.13 Å². The Morgan fingerprint density at radius 1 is 1.19 bits per heavy atom. The van der Waals surface area contributed by atoms with E-state index in [4.69, 9.17) is 9.72 Å². The molecular weight excluding hydrogens is 365 g/mol. The van der Waals surface area contributed by atoms with E-state index in [0.717, 1.165) is 21.1 Å². The van der Waals surface area contributed by atoms with Crippen LogP contribution in [0.3, 0.4) is 0 Å². The fourth-order valence-electron chi connectivity index (χ4n) is 3.22. The van der Waals surface area contributed by atoms with E-state index in [9.17, 15) is 9.18 Å². The molecule has 1 aliphatic heterocycles. The Kier molecular flexibility index (Phi) is 4.94. The van der Waals surface area contributed by atoms with E-state index in [-0.39, 0.29) is 11.7 Å². The highest BCUT2D eigenvalue weighted by Crippen LogP contribution is 2.34. The van der Waals surface area contributed by atoms with Crippen molar-refractivity contribution in [3.8, 4) is 5.75 Å².